The molecule has 0 aromatic carbocycles. The second-order valence-electron chi connectivity index (χ2n) is 5.19. The highest BCUT2D eigenvalue weighted by Crippen LogP contribution is 2.18. The van der Waals surface area contributed by atoms with Crippen LogP contribution in [-0.4, -0.2) is 20.3 Å². The average molecular weight is 290 g/mol. The van der Waals surface area contributed by atoms with Gasteiger partial charge in [0.25, 0.3) is 5.56 Å². The lowest BCUT2D eigenvalue weighted by molar-refractivity contribution is 0.480. The van der Waals surface area contributed by atoms with Gasteiger partial charge in [-0.3, -0.25) is 9.36 Å². The number of hydrogen-bond acceptors (Lipinski definition) is 4. The van der Waals surface area contributed by atoms with E-state index < -0.39 is 0 Å². The second-order valence-corrected chi connectivity index (χ2v) is 6.14. The van der Waals surface area contributed by atoms with Gasteiger partial charge in [0.15, 0.2) is 5.16 Å². The molecule has 0 bridgehead atoms. The van der Waals surface area contributed by atoms with E-state index in [2.05, 4.69) is 29.9 Å². The topological polar surface area (TPSA) is 74.5 Å². The Bertz CT molecular complexity index is 708. The Morgan fingerprint density at radius 1 is 1.55 bits per heavy atom. The summed E-state index contributed by atoms with van der Waals surface area (Å²) in [5.74, 6) is 0.806. The summed E-state index contributed by atoms with van der Waals surface area (Å²) in [6.07, 6.45) is 0.910. The Morgan fingerprint density at radius 3 is 2.95 bits per heavy atom. The summed E-state index contributed by atoms with van der Waals surface area (Å²) >= 11 is 1.31. The Morgan fingerprint density at radius 2 is 2.30 bits per heavy atom. The summed E-state index contributed by atoms with van der Waals surface area (Å²) in [5.41, 5.74) is 2.09. The lowest BCUT2D eigenvalue weighted by Gasteiger charge is -2.12. The number of nitriles is 1. The standard InChI is InChI=1S/C14H18N4OS/c1-9(2)4-6-18-13(19)12-11(8-10(3)16-12)17-14(18)20-7-5-15/h8-9,16H,4,6-7H2,1-3H3. The third kappa shape index (κ3) is 3.05. The lowest BCUT2D eigenvalue weighted by atomic mass is 10.1. The molecule has 0 fully saturated rings. The first-order valence-corrected chi connectivity index (χ1v) is 7.61. The molecule has 0 radical (unpaired) electrons. The molecule has 20 heavy (non-hydrogen) atoms. The van der Waals surface area contributed by atoms with Gasteiger partial charge < -0.3 is 4.98 Å². The van der Waals surface area contributed by atoms with Crippen LogP contribution in [0.15, 0.2) is 16.0 Å². The molecule has 0 aliphatic carbocycles. The summed E-state index contributed by atoms with van der Waals surface area (Å²) in [4.78, 5) is 20.1. The summed E-state index contributed by atoms with van der Waals surface area (Å²) < 4.78 is 1.68. The lowest BCUT2D eigenvalue weighted by Crippen LogP contribution is -2.24. The fourth-order valence-electron chi connectivity index (χ4n) is 2.00. The molecule has 6 heteroatoms. The van der Waals surface area contributed by atoms with E-state index in [1.807, 2.05) is 13.0 Å². The maximum Gasteiger partial charge on any atom is 0.278 e. The monoisotopic (exact) mass is 290 g/mol. The molecule has 2 heterocycles. The summed E-state index contributed by atoms with van der Waals surface area (Å²) in [6.45, 7) is 6.78. The minimum Gasteiger partial charge on any atom is -0.353 e. The maximum absolute atomic E-state index is 12.5. The molecule has 2 aromatic heterocycles. The quantitative estimate of drug-likeness (QED) is 0.678. The number of fused-ring (bicyclic) bond motifs is 1. The Hall–Kier alpha value is -1.74. The number of nitrogens with zero attached hydrogens (tertiary/aromatic N) is 3. The van der Waals surface area contributed by atoms with Crippen molar-refractivity contribution in [3.8, 4) is 6.07 Å². The molecule has 5 nitrogen and oxygen atoms in total. The number of nitrogens with one attached hydrogen (secondary N) is 1. The van der Waals surface area contributed by atoms with Crippen molar-refractivity contribution in [1.82, 2.24) is 14.5 Å². The molecule has 0 aliphatic rings. The molecule has 0 spiro atoms. The van der Waals surface area contributed by atoms with Crippen molar-refractivity contribution in [2.75, 3.05) is 5.75 Å². The van der Waals surface area contributed by atoms with E-state index in [1.165, 1.54) is 11.8 Å². The Balaban J connectivity index is 2.51. The van der Waals surface area contributed by atoms with Crippen molar-refractivity contribution in [1.29, 1.82) is 5.26 Å². The number of hydrogen-bond donors (Lipinski definition) is 1. The number of H-pyrrole nitrogens is 1. The molecule has 106 valence electrons. The van der Waals surface area contributed by atoms with E-state index in [1.54, 1.807) is 4.57 Å². The van der Waals surface area contributed by atoms with Gasteiger partial charge in [-0.05, 0) is 25.3 Å². The zero-order chi connectivity index (χ0) is 14.7. The smallest absolute Gasteiger partial charge is 0.278 e. The normalized spacial score (nSPS) is 11.2. The molecule has 2 rings (SSSR count). The third-order valence-electron chi connectivity index (χ3n) is 3.03. The largest absolute Gasteiger partial charge is 0.353 e. The second kappa shape index (κ2) is 6.14. The minimum atomic E-state index is -0.0517. The number of thioether (sulfide) groups is 1. The SMILES string of the molecule is Cc1cc2nc(SCC#N)n(CCC(C)C)c(=O)c2[nH]1. The van der Waals surface area contributed by atoms with Gasteiger partial charge in [0, 0.05) is 12.2 Å². The van der Waals surface area contributed by atoms with Crippen molar-refractivity contribution >= 4 is 22.8 Å². The van der Waals surface area contributed by atoms with E-state index in [4.69, 9.17) is 5.26 Å². The van der Waals surface area contributed by atoms with Crippen molar-refractivity contribution in [3.63, 3.8) is 0 Å². The van der Waals surface area contributed by atoms with Crippen LogP contribution in [0.5, 0.6) is 0 Å². The fraction of sp³-hybridized carbons (Fsp3) is 0.500. The van der Waals surface area contributed by atoms with E-state index in [0.29, 0.717) is 34.4 Å². The molecule has 0 saturated heterocycles. The van der Waals surface area contributed by atoms with Gasteiger partial charge in [-0.1, -0.05) is 25.6 Å². The molecule has 0 saturated carbocycles. The number of rotatable bonds is 5. The van der Waals surface area contributed by atoms with Crippen LogP contribution in [0.2, 0.25) is 0 Å². The van der Waals surface area contributed by atoms with Gasteiger partial charge in [-0.25, -0.2) is 4.98 Å². The first kappa shape index (κ1) is 14.7. The fourth-order valence-corrected chi connectivity index (χ4v) is 2.69. The van der Waals surface area contributed by atoms with Crippen molar-refractivity contribution in [2.45, 2.75) is 38.9 Å². The number of aromatic nitrogens is 3. The van der Waals surface area contributed by atoms with Crippen LogP contribution >= 0.6 is 11.8 Å². The van der Waals surface area contributed by atoms with E-state index in [-0.39, 0.29) is 5.56 Å². The Labute approximate surface area is 122 Å². The highest BCUT2D eigenvalue weighted by Gasteiger charge is 2.13. The molecule has 0 unspecified atom stereocenters. The molecule has 1 N–H and O–H groups in total. The first-order chi connectivity index (χ1) is 9.52. The van der Waals surface area contributed by atoms with Gasteiger partial charge in [0.05, 0.1) is 17.3 Å². The molecule has 2 aromatic rings. The predicted molar refractivity (Wildman–Crippen MR) is 80.9 cm³/mol. The zero-order valence-corrected chi connectivity index (χ0v) is 12.8. The van der Waals surface area contributed by atoms with Gasteiger partial charge in [0.2, 0.25) is 0 Å². The van der Waals surface area contributed by atoms with Crippen LogP contribution in [0.1, 0.15) is 26.0 Å². The molecule has 0 atom stereocenters. The molecule has 0 aliphatic heterocycles. The van der Waals surface area contributed by atoms with Crippen LogP contribution in [0.4, 0.5) is 0 Å². The van der Waals surface area contributed by atoms with Crippen molar-refractivity contribution in [2.24, 2.45) is 5.92 Å². The highest BCUT2D eigenvalue weighted by molar-refractivity contribution is 7.99. The van der Waals surface area contributed by atoms with Crippen LogP contribution in [0, 0.1) is 24.2 Å². The summed E-state index contributed by atoms with van der Waals surface area (Å²) in [5, 5.41) is 9.36. The third-order valence-corrected chi connectivity index (χ3v) is 3.88. The van der Waals surface area contributed by atoms with Gasteiger partial charge in [0.1, 0.15) is 5.52 Å². The molecular formula is C14H18N4OS. The highest BCUT2D eigenvalue weighted by atomic mass is 32.2. The first-order valence-electron chi connectivity index (χ1n) is 6.63. The summed E-state index contributed by atoms with van der Waals surface area (Å²) in [6, 6.07) is 3.94. The maximum atomic E-state index is 12.5. The van der Waals surface area contributed by atoms with E-state index in [0.717, 1.165) is 12.1 Å². The summed E-state index contributed by atoms with van der Waals surface area (Å²) in [7, 11) is 0. The average Bonchev–Trinajstić information content (AvgIpc) is 2.76. The van der Waals surface area contributed by atoms with Gasteiger partial charge >= 0.3 is 0 Å². The van der Waals surface area contributed by atoms with Crippen LogP contribution < -0.4 is 5.56 Å². The van der Waals surface area contributed by atoms with Crippen molar-refractivity contribution in [3.05, 3.63) is 22.1 Å². The van der Waals surface area contributed by atoms with E-state index >= 15 is 0 Å². The van der Waals surface area contributed by atoms with Gasteiger partial charge in [-0.2, -0.15) is 5.26 Å². The minimum absolute atomic E-state index is 0.0517. The Kier molecular flexibility index (Phi) is 4.50. The number of aryl methyl sites for hydroxylation is 1. The van der Waals surface area contributed by atoms with Crippen LogP contribution in [-0.2, 0) is 6.54 Å². The van der Waals surface area contributed by atoms with Gasteiger partial charge in [-0.15, -0.1) is 0 Å². The predicted octanol–water partition coefficient (Wildman–Crippen LogP) is 2.69. The van der Waals surface area contributed by atoms with Crippen molar-refractivity contribution < 1.29 is 0 Å². The molecular weight excluding hydrogens is 272 g/mol. The van der Waals surface area contributed by atoms with Crippen LogP contribution in [0.3, 0.4) is 0 Å². The van der Waals surface area contributed by atoms with Crippen LogP contribution in [0.25, 0.3) is 11.0 Å². The molecule has 0 amide bonds. The zero-order valence-electron chi connectivity index (χ0n) is 11.9. The van der Waals surface area contributed by atoms with E-state index in [9.17, 15) is 4.79 Å². The number of aromatic amines is 1.